The Kier molecular flexibility index (Phi) is 15.4. The van der Waals surface area contributed by atoms with Crippen molar-refractivity contribution in [3.63, 3.8) is 0 Å². The van der Waals surface area contributed by atoms with E-state index in [1.54, 1.807) is 26.5 Å². The Morgan fingerprint density at radius 2 is 1.49 bits per heavy atom. The number of amides is 3. The first-order valence-electron chi connectivity index (χ1n) is 14.6. The zero-order valence-electron chi connectivity index (χ0n) is 24.7. The Balaban J connectivity index is 1.24. The molecule has 2 aromatic rings. The second kappa shape index (κ2) is 19.0. The van der Waals surface area contributed by atoms with Gasteiger partial charge in [0.05, 0.1) is 18.8 Å². The number of fused-ring (bicyclic) bond motifs is 2. The number of hydrogen-bond donors (Lipinski definition) is 3. The first-order valence-corrected chi connectivity index (χ1v) is 19.1. The van der Waals surface area contributed by atoms with Crippen LogP contribution in [0.4, 0.5) is 5.69 Å². The lowest BCUT2D eigenvalue weighted by Crippen LogP contribution is -2.33. The van der Waals surface area contributed by atoms with Crippen molar-refractivity contribution in [2.24, 2.45) is 0 Å². The summed E-state index contributed by atoms with van der Waals surface area (Å²) in [5.74, 6) is 1.18. The van der Waals surface area contributed by atoms with Crippen LogP contribution in [-0.2, 0) is 30.0 Å². The van der Waals surface area contributed by atoms with Gasteiger partial charge in [-0.1, -0.05) is 89.0 Å². The number of rotatable bonds is 18. The van der Waals surface area contributed by atoms with Gasteiger partial charge in [0.15, 0.2) is 0 Å². The Hall–Kier alpha value is -2.56. The normalized spacial score (nSPS) is 13.7. The summed E-state index contributed by atoms with van der Waals surface area (Å²) in [5, 5.41) is 5.80. The van der Waals surface area contributed by atoms with E-state index in [0.717, 1.165) is 48.1 Å². The third-order valence-corrected chi connectivity index (χ3v) is 9.72. The smallest absolute Gasteiger partial charge is 0.325 e. The number of para-hydroxylation sites is 1. The predicted octanol–water partition coefficient (Wildman–Crippen LogP) is 5.88. The fourth-order valence-electron chi connectivity index (χ4n) is 4.43. The topological polar surface area (TPSA) is 125 Å². The molecule has 3 N–H and O–H groups in total. The van der Waals surface area contributed by atoms with Crippen molar-refractivity contribution < 1.29 is 28.4 Å². The molecule has 1 unspecified atom stereocenters. The van der Waals surface area contributed by atoms with E-state index >= 15 is 0 Å². The van der Waals surface area contributed by atoms with E-state index < -0.39 is 7.60 Å². The molecular weight excluding hydrogens is 605 g/mol. The van der Waals surface area contributed by atoms with Crippen LogP contribution in [0.1, 0.15) is 61.6 Å². The second-order valence-corrected chi connectivity index (χ2v) is 14.8. The molecule has 1 heterocycles. The van der Waals surface area contributed by atoms with Gasteiger partial charge in [0.1, 0.15) is 0 Å². The summed E-state index contributed by atoms with van der Waals surface area (Å²) in [7, 11) is -0.183. The molecule has 0 fully saturated rings. The van der Waals surface area contributed by atoms with Crippen molar-refractivity contribution in [3.05, 3.63) is 65.2 Å². The fraction of sp³-hybridized carbons (Fsp3) is 0.452. The number of anilines is 1. The van der Waals surface area contributed by atoms with Gasteiger partial charge < -0.3 is 25.0 Å². The average molecular weight is 648 g/mol. The number of carbonyl (C=O) groups is 3. The standard InChI is InChI=1S/C31H42N3O6PS2/c1-41(38,39)40-21-9-3-2-8-19-32-30(36)18-22-42-43-23-20-33-29(35)16-17-31(37)34-24-27-12-5-4-10-25(27)14-15-26-11-6-7-13-28(26)34/h4-7,10-15H,2-3,8-9,16-24H2,1H3,(H,32,36)(H,33,35)(H,38,39). The molecule has 1 atom stereocenters. The highest BCUT2D eigenvalue weighted by Gasteiger charge is 2.21. The van der Waals surface area contributed by atoms with Crippen LogP contribution in [0.25, 0.3) is 12.2 Å². The van der Waals surface area contributed by atoms with Gasteiger partial charge in [-0.3, -0.25) is 18.9 Å². The Labute approximate surface area is 262 Å². The second-order valence-electron chi connectivity index (χ2n) is 10.2. The highest BCUT2D eigenvalue weighted by molar-refractivity contribution is 8.76. The van der Waals surface area contributed by atoms with Gasteiger partial charge >= 0.3 is 7.60 Å². The minimum absolute atomic E-state index is 0.0174. The van der Waals surface area contributed by atoms with E-state index in [0.29, 0.717) is 37.6 Å². The summed E-state index contributed by atoms with van der Waals surface area (Å²) >= 11 is 0. The van der Waals surface area contributed by atoms with Gasteiger partial charge in [-0.15, -0.1) is 0 Å². The van der Waals surface area contributed by atoms with Crippen molar-refractivity contribution in [2.45, 2.75) is 51.5 Å². The lowest BCUT2D eigenvalue weighted by atomic mass is 10.0. The molecule has 1 aliphatic heterocycles. The largest absolute Gasteiger partial charge is 0.356 e. The quantitative estimate of drug-likeness (QED) is 0.104. The van der Waals surface area contributed by atoms with E-state index in [4.69, 9.17) is 9.42 Å². The minimum atomic E-state index is -3.39. The van der Waals surface area contributed by atoms with Gasteiger partial charge in [-0.25, -0.2) is 0 Å². The molecule has 2 aromatic carbocycles. The van der Waals surface area contributed by atoms with Crippen LogP contribution in [-0.4, -0.2) is 60.5 Å². The average Bonchev–Trinajstić information content (AvgIpc) is 2.97. The van der Waals surface area contributed by atoms with Crippen LogP contribution in [0.2, 0.25) is 0 Å². The van der Waals surface area contributed by atoms with Crippen LogP contribution >= 0.6 is 29.2 Å². The van der Waals surface area contributed by atoms with E-state index in [1.807, 2.05) is 54.6 Å². The van der Waals surface area contributed by atoms with Crippen LogP contribution in [0.3, 0.4) is 0 Å². The monoisotopic (exact) mass is 647 g/mol. The summed E-state index contributed by atoms with van der Waals surface area (Å²) < 4.78 is 15.9. The summed E-state index contributed by atoms with van der Waals surface area (Å²) in [5.41, 5.74) is 3.95. The number of carbonyl (C=O) groups excluding carboxylic acids is 3. The molecule has 3 amide bonds. The van der Waals surface area contributed by atoms with Crippen LogP contribution in [0, 0.1) is 0 Å². The van der Waals surface area contributed by atoms with E-state index in [-0.39, 0.29) is 37.2 Å². The van der Waals surface area contributed by atoms with Crippen LogP contribution < -0.4 is 15.5 Å². The summed E-state index contributed by atoms with van der Waals surface area (Å²) in [4.78, 5) is 48.5. The molecule has 3 rings (SSSR count). The van der Waals surface area contributed by atoms with Crippen LogP contribution in [0.15, 0.2) is 48.5 Å². The highest BCUT2D eigenvalue weighted by atomic mass is 33.1. The number of unbranched alkanes of at least 4 members (excludes halogenated alkanes) is 3. The Morgan fingerprint density at radius 3 is 2.30 bits per heavy atom. The maximum Gasteiger partial charge on any atom is 0.325 e. The van der Waals surface area contributed by atoms with Gasteiger partial charge in [0, 0.05) is 50.5 Å². The Morgan fingerprint density at radius 1 is 0.837 bits per heavy atom. The first-order chi connectivity index (χ1) is 20.7. The zero-order valence-corrected chi connectivity index (χ0v) is 27.2. The molecule has 0 radical (unpaired) electrons. The Bertz CT molecular complexity index is 1290. The predicted molar refractivity (Wildman–Crippen MR) is 178 cm³/mol. The summed E-state index contributed by atoms with van der Waals surface area (Å²) in [6.07, 6.45) is 8.18. The third-order valence-electron chi connectivity index (χ3n) is 6.65. The van der Waals surface area contributed by atoms with Crippen molar-refractivity contribution in [1.82, 2.24) is 10.6 Å². The molecule has 12 heteroatoms. The van der Waals surface area contributed by atoms with Crippen molar-refractivity contribution in [1.29, 1.82) is 0 Å². The molecule has 43 heavy (non-hydrogen) atoms. The van der Waals surface area contributed by atoms with E-state index in [1.165, 1.54) is 6.66 Å². The maximum absolute atomic E-state index is 13.3. The number of hydrogen-bond acceptors (Lipinski definition) is 7. The van der Waals surface area contributed by atoms with Gasteiger partial charge in [0.25, 0.3) is 0 Å². The maximum atomic E-state index is 13.3. The van der Waals surface area contributed by atoms with Gasteiger partial charge in [-0.05, 0) is 35.6 Å². The van der Waals surface area contributed by atoms with Gasteiger partial charge in [0.2, 0.25) is 17.7 Å². The van der Waals surface area contributed by atoms with Crippen molar-refractivity contribution in [2.75, 3.05) is 42.8 Å². The molecule has 9 nitrogen and oxygen atoms in total. The summed E-state index contributed by atoms with van der Waals surface area (Å²) in [6, 6.07) is 15.8. The molecular formula is C31H42N3O6PS2. The molecule has 0 aliphatic carbocycles. The first kappa shape index (κ1) is 34.9. The molecule has 0 saturated carbocycles. The van der Waals surface area contributed by atoms with E-state index in [2.05, 4.69) is 16.7 Å². The number of benzene rings is 2. The molecule has 1 aliphatic rings. The number of nitrogens with one attached hydrogen (secondary N) is 2. The van der Waals surface area contributed by atoms with Gasteiger partial charge in [-0.2, -0.15) is 0 Å². The SMILES string of the molecule is CP(=O)(O)OCCCCCCNC(=O)CCSSCCNC(=O)CCC(=O)N1Cc2ccccc2C=Cc2ccccc21. The lowest BCUT2D eigenvalue weighted by molar-refractivity contribution is -0.125. The molecule has 0 aromatic heterocycles. The lowest BCUT2D eigenvalue weighted by Gasteiger charge is -2.27. The minimum Gasteiger partial charge on any atom is -0.356 e. The highest BCUT2D eigenvalue weighted by Crippen LogP contribution is 2.36. The molecule has 0 saturated heterocycles. The fourth-order valence-corrected chi connectivity index (χ4v) is 6.80. The summed E-state index contributed by atoms with van der Waals surface area (Å²) in [6.45, 7) is 3.03. The van der Waals surface area contributed by atoms with E-state index in [9.17, 15) is 18.9 Å². The molecule has 0 bridgehead atoms. The molecule has 0 spiro atoms. The van der Waals surface area contributed by atoms with Crippen LogP contribution in [0.5, 0.6) is 0 Å². The molecule has 234 valence electrons. The zero-order chi connectivity index (χ0) is 30.9. The third kappa shape index (κ3) is 13.7. The van der Waals surface area contributed by atoms with Crippen molar-refractivity contribution >= 4 is 64.7 Å². The van der Waals surface area contributed by atoms with Crippen molar-refractivity contribution in [3.8, 4) is 0 Å². The number of nitrogens with zero attached hydrogens (tertiary/aromatic N) is 1.